The van der Waals surface area contributed by atoms with E-state index in [0.29, 0.717) is 0 Å². The van der Waals surface area contributed by atoms with Gasteiger partial charge in [0, 0.05) is 6.42 Å². The van der Waals surface area contributed by atoms with Crippen molar-refractivity contribution in [2.75, 3.05) is 6.67 Å². The minimum atomic E-state index is -4.41. The van der Waals surface area contributed by atoms with Crippen LogP contribution in [0.3, 0.4) is 0 Å². The molecule has 23 heavy (non-hydrogen) atoms. The first-order chi connectivity index (χ1) is 10.8. The Morgan fingerprint density at radius 2 is 2.22 bits per heavy atom. The molecule has 13 heteroatoms. The van der Waals surface area contributed by atoms with E-state index in [1.54, 1.807) is 0 Å². The fourth-order valence-corrected chi connectivity index (χ4v) is 2.72. The fourth-order valence-electron chi connectivity index (χ4n) is 1.95. The van der Waals surface area contributed by atoms with E-state index in [4.69, 9.17) is 4.55 Å². The van der Waals surface area contributed by atoms with Crippen molar-refractivity contribution in [3.8, 4) is 0 Å². The number of imidazole rings is 1. The predicted molar refractivity (Wildman–Crippen MR) is 73.9 cm³/mol. The van der Waals surface area contributed by atoms with Gasteiger partial charge in [-0.3, -0.25) is 8.94 Å². The van der Waals surface area contributed by atoms with Gasteiger partial charge in [-0.1, -0.05) is 10.2 Å². The molecule has 0 aliphatic heterocycles. The van der Waals surface area contributed by atoms with Gasteiger partial charge in [-0.05, 0) is 11.3 Å². The largest absolute Gasteiger partial charge is 0.436 e. The molecule has 0 spiro atoms. The summed E-state index contributed by atoms with van der Waals surface area (Å²) in [7, 11) is -4.41. The molecule has 1 unspecified atom stereocenters. The molecule has 11 nitrogen and oxygen atoms in total. The molecule has 1 atom stereocenters. The predicted octanol–water partition coefficient (Wildman–Crippen LogP) is 0.0471. The molecule has 0 aromatic carbocycles. The molecule has 0 bridgehead atoms. The number of rotatable bonds is 8. The van der Waals surface area contributed by atoms with Crippen LogP contribution in [0, 0.1) is 10.1 Å². The average molecular weight is 347 g/mol. The summed E-state index contributed by atoms with van der Waals surface area (Å²) in [4.78, 5) is 13.7. The van der Waals surface area contributed by atoms with E-state index in [-0.39, 0.29) is 31.2 Å². The number of hydrogen-bond donors (Lipinski definition) is 1. The topological polar surface area (TPSA) is 146 Å². The molecule has 2 heterocycles. The fraction of sp³-hybridized carbons (Fsp3) is 0.500. The van der Waals surface area contributed by atoms with Crippen molar-refractivity contribution < 1.29 is 22.3 Å². The lowest BCUT2D eigenvalue weighted by atomic mass is 10.2. The van der Waals surface area contributed by atoms with Crippen LogP contribution in [0.4, 0.5) is 10.3 Å². The van der Waals surface area contributed by atoms with Crippen LogP contribution in [0.25, 0.3) is 0 Å². The summed E-state index contributed by atoms with van der Waals surface area (Å²) in [5.74, 6) is -0.379. The van der Waals surface area contributed by atoms with E-state index in [2.05, 4.69) is 15.3 Å². The molecule has 0 aliphatic rings. The number of hydrogen-bond acceptors (Lipinski definition) is 7. The van der Waals surface area contributed by atoms with Crippen LogP contribution in [-0.2, 0) is 23.2 Å². The lowest BCUT2D eigenvalue weighted by Crippen LogP contribution is -2.24. The lowest BCUT2D eigenvalue weighted by molar-refractivity contribution is -0.396. The maximum absolute atomic E-state index is 12.4. The third-order valence-electron chi connectivity index (χ3n) is 3.03. The quantitative estimate of drug-likeness (QED) is 0.400. The first kappa shape index (κ1) is 17.0. The second-order valence-electron chi connectivity index (χ2n) is 4.66. The summed E-state index contributed by atoms with van der Waals surface area (Å²) < 4.78 is 46.2. The maximum atomic E-state index is 12.4. The van der Waals surface area contributed by atoms with Crippen molar-refractivity contribution in [3.05, 3.63) is 34.4 Å². The Kier molecular flexibility index (Phi) is 5.00. The highest BCUT2D eigenvalue weighted by Crippen LogP contribution is 2.12. The number of halogens is 1. The monoisotopic (exact) mass is 347 g/mol. The van der Waals surface area contributed by atoms with E-state index in [1.165, 1.54) is 27.8 Å². The Labute approximate surface area is 129 Å². The van der Waals surface area contributed by atoms with E-state index < -0.39 is 27.0 Å². The summed E-state index contributed by atoms with van der Waals surface area (Å²) in [6.07, 6.45) is 3.42. The minimum absolute atomic E-state index is 0.0526. The van der Waals surface area contributed by atoms with Gasteiger partial charge in [0.2, 0.25) is 0 Å². The van der Waals surface area contributed by atoms with Crippen molar-refractivity contribution in [2.45, 2.75) is 24.8 Å². The zero-order valence-corrected chi connectivity index (χ0v) is 12.5. The standard InChI is InChI=1S/C10H13FN6O5S/c11-2-1-9(23(20,21)22)5-8-6-16(14-13-8)7-15-4-3-12-10(15)17(18)19/h3-4,6,9H,1-2,5,7H2,(H,20,21,22)/i11-1. The van der Waals surface area contributed by atoms with Gasteiger partial charge in [0.1, 0.15) is 12.4 Å². The first-order valence-electron chi connectivity index (χ1n) is 6.38. The Bertz CT molecular complexity index is 787. The van der Waals surface area contributed by atoms with Crippen LogP contribution in [0.2, 0.25) is 0 Å². The van der Waals surface area contributed by atoms with Crippen molar-refractivity contribution in [2.24, 2.45) is 0 Å². The van der Waals surface area contributed by atoms with Crippen LogP contribution >= 0.6 is 0 Å². The summed E-state index contributed by atoms with van der Waals surface area (Å²) in [6, 6.07) is 0. The molecular weight excluding hydrogens is 334 g/mol. The van der Waals surface area contributed by atoms with E-state index in [9.17, 15) is 22.9 Å². The Hall–Kier alpha value is -2.41. The second kappa shape index (κ2) is 6.78. The number of aromatic nitrogens is 5. The lowest BCUT2D eigenvalue weighted by Gasteiger charge is -2.09. The van der Waals surface area contributed by atoms with Gasteiger partial charge in [-0.25, -0.2) is 9.25 Å². The number of alkyl halides is 1. The Morgan fingerprint density at radius 1 is 1.48 bits per heavy atom. The molecule has 126 valence electrons. The molecule has 2 rings (SSSR count). The second-order valence-corrected chi connectivity index (χ2v) is 6.36. The van der Waals surface area contributed by atoms with E-state index >= 15 is 0 Å². The normalized spacial score (nSPS) is 13.1. The van der Waals surface area contributed by atoms with Crippen LogP contribution in [-0.4, -0.2) is 54.4 Å². The maximum Gasteiger partial charge on any atom is 0.436 e. The van der Waals surface area contributed by atoms with Gasteiger partial charge in [0.15, 0.2) is 6.67 Å². The summed E-state index contributed by atoms with van der Waals surface area (Å²) in [5.41, 5.74) is 0.212. The SMILES string of the molecule is O=[N+]([O-])c1nccn1Cn1cc(CC(CC[18F])S(=O)(=O)O)nn1. The van der Waals surface area contributed by atoms with Gasteiger partial charge in [-0.2, -0.15) is 8.42 Å². The number of nitrogens with zero attached hydrogens (tertiary/aromatic N) is 6. The van der Waals surface area contributed by atoms with Crippen LogP contribution < -0.4 is 0 Å². The molecule has 0 fully saturated rings. The third kappa shape index (κ3) is 4.29. The molecule has 0 saturated heterocycles. The van der Waals surface area contributed by atoms with E-state index in [0.717, 1.165) is 0 Å². The van der Waals surface area contributed by atoms with Gasteiger partial charge in [0.25, 0.3) is 10.1 Å². The molecule has 1 N–H and O–H groups in total. The van der Waals surface area contributed by atoms with Crippen LogP contribution in [0.15, 0.2) is 18.6 Å². The zero-order chi connectivity index (χ0) is 17.0. The van der Waals surface area contributed by atoms with Gasteiger partial charge in [-0.15, -0.1) is 5.10 Å². The zero-order valence-electron chi connectivity index (χ0n) is 11.7. The van der Waals surface area contributed by atoms with Crippen molar-refractivity contribution >= 4 is 16.1 Å². The molecule has 2 aromatic rings. The average Bonchev–Trinajstić information content (AvgIpc) is 3.07. The smallest absolute Gasteiger partial charge is 0.390 e. The van der Waals surface area contributed by atoms with Crippen LogP contribution in [0.1, 0.15) is 12.1 Å². The summed E-state index contributed by atoms with van der Waals surface area (Å²) in [6.45, 7) is -0.956. The number of nitro groups is 1. The molecule has 0 saturated carbocycles. The molecule has 0 aliphatic carbocycles. The highest BCUT2D eigenvalue weighted by molar-refractivity contribution is 7.86. The third-order valence-corrected chi connectivity index (χ3v) is 4.27. The van der Waals surface area contributed by atoms with Crippen molar-refractivity contribution in [1.82, 2.24) is 24.5 Å². The molecule has 0 radical (unpaired) electrons. The first-order valence-corrected chi connectivity index (χ1v) is 7.88. The highest BCUT2D eigenvalue weighted by atomic mass is 32.2. The van der Waals surface area contributed by atoms with Crippen molar-refractivity contribution in [1.29, 1.82) is 0 Å². The summed E-state index contributed by atoms with van der Waals surface area (Å²) >= 11 is 0. The Morgan fingerprint density at radius 3 is 2.83 bits per heavy atom. The van der Waals surface area contributed by atoms with E-state index in [1.807, 2.05) is 0 Å². The highest BCUT2D eigenvalue weighted by Gasteiger charge is 2.24. The van der Waals surface area contributed by atoms with Gasteiger partial charge < -0.3 is 10.1 Å². The van der Waals surface area contributed by atoms with Crippen molar-refractivity contribution in [3.63, 3.8) is 0 Å². The molecule has 0 amide bonds. The molecule has 2 aromatic heterocycles. The van der Waals surface area contributed by atoms with Crippen LogP contribution in [0.5, 0.6) is 0 Å². The van der Waals surface area contributed by atoms with Gasteiger partial charge in [0.05, 0.1) is 23.8 Å². The minimum Gasteiger partial charge on any atom is -0.390 e. The Balaban J connectivity index is 2.11. The summed E-state index contributed by atoms with van der Waals surface area (Å²) in [5, 5.41) is 16.9. The van der Waals surface area contributed by atoms with Gasteiger partial charge >= 0.3 is 5.95 Å². The molecular formula is C10H13FN6O5S.